The minimum atomic E-state index is -3.80. The quantitative estimate of drug-likeness (QED) is 0.841. The predicted octanol–water partition coefficient (Wildman–Crippen LogP) is 1.93. The van der Waals surface area contributed by atoms with E-state index >= 15 is 0 Å². The van der Waals surface area contributed by atoms with Crippen LogP contribution >= 0.6 is 0 Å². The average molecular weight is 355 g/mol. The Hall–Kier alpha value is -1.44. The van der Waals surface area contributed by atoms with Crippen molar-refractivity contribution in [2.75, 3.05) is 13.1 Å². The van der Waals surface area contributed by atoms with Gasteiger partial charge in [-0.25, -0.2) is 8.42 Å². The lowest BCUT2D eigenvalue weighted by Gasteiger charge is -2.42. The van der Waals surface area contributed by atoms with Crippen LogP contribution in [0.4, 0.5) is 0 Å². The highest BCUT2D eigenvalue weighted by Crippen LogP contribution is 2.38. The van der Waals surface area contributed by atoms with E-state index < -0.39 is 27.5 Å². The van der Waals surface area contributed by atoms with E-state index in [9.17, 15) is 23.4 Å². The number of sulfonamides is 1. The number of piperidine rings is 1. The van der Waals surface area contributed by atoms with Gasteiger partial charge in [0.1, 0.15) is 5.41 Å². The highest BCUT2D eigenvalue weighted by Gasteiger charge is 2.51. The van der Waals surface area contributed by atoms with Crippen LogP contribution in [-0.2, 0) is 14.8 Å². The molecule has 0 spiro atoms. The molecule has 7 heteroatoms. The maximum absolute atomic E-state index is 13.0. The van der Waals surface area contributed by atoms with Gasteiger partial charge in [-0.1, -0.05) is 31.0 Å². The van der Waals surface area contributed by atoms with E-state index in [2.05, 4.69) is 0 Å². The van der Waals surface area contributed by atoms with Gasteiger partial charge < -0.3 is 10.2 Å². The smallest absolute Gasteiger partial charge is 0.313 e. The van der Waals surface area contributed by atoms with Crippen molar-refractivity contribution in [3.63, 3.8) is 0 Å². The first-order valence-electron chi connectivity index (χ1n) is 8.14. The van der Waals surface area contributed by atoms with Crippen molar-refractivity contribution in [3.8, 4) is 0 Å². The van der Waals surface area contributed by atoms with Gasteiger partial charge in [0, 0.05) is 13.1 Å². The Morgan fingerprint density at radius 2 is 2.04 bits per heavy atom. The monoisotopic (exact) mass is 355 g/mol. The molecule has 1 saturated heterocycles. The van der Waals surface area contributed by atoms with Crippen LogP contribution in [-0.4, -0.2) is 48.1 Å². The molecule has 0 radical (unpaired) electrons. The minimum Gasteiger partial charge on any atom is -0.481 e. The molecule has 1 aromatic rings. The molecule has 0 saturated carbocycles. The van der Waals surface area contributed by atoms with Crippen LogP contribution in [0.1, 0.15) is 37.3 Å². The lowest BCUT2D eigenvalue weighted by molar-refractivity contribution is -0.161. The average Bonchev–Trinajstić information content (AvgIpc) is 2.48. The maximum Gasteiger partial charge on any atom is 0.313 e. The topological polar surface area (TPSA) is 94.9 Å². The third-order valence-electron chi connectivity index (χ3n) is 4.82. The second-order valence-electron chi connectivity index (χ2n) is 6.62. The predicted molar refractivity (Wildman–Crippen MR) is 90.3 cm³/mol. The summed E-state index contributed by atoms with van der Waals surface area (Å²) in [7, 11) is -3.80. The Morgan fingerprint density at radius 3 is 2.58 bits per heavy atom. The zero-order valence-corrected chi connectivity index (χ0v) is 15.1. The van der Waals surface area contributed by atoms with Crippen molar-refractivity contribution in [1.82, 2.24) is 4.31 Å². The van der Waals surface area contributed by atoms with Gasteiger partial charge in [-0.15, -0.1) is 0 Å². The largest absolute Gasteiger partial charge is 0.481 e. The first-order valence-corrected chi connectivity index (χ1v) is 9.58. The summed E-state index contributed by atoms with van der Waals surface area (Å²) in [5.41, 5.74) is 0.155. The Morgan fingerprint density at radius 1 is 1.38 bits per heavy atom. The lowest BCUT2D eigenvalue weighted by Crippen LogP contribution is -2.57. The first kappa shape index (κ1) is 18.9. The summed E-state index contributed by atoms with van der Waals surface area (Å²) in [5, 5.41) is 19.9. The standard InChI is InChI=1S/C17H25NO5S/c1-4-8-17(16(20)21)11-18(9-7-15(17)19)24(22,23)14-6-5-12(2)10-13(14)3/h5-6,10,15,19H,4,7-9,11H2,1-3H3,(H,20,21)/t15-,17+/m1/s1. The number of carbonyl (C=O) groups is 1. The highest BCUT2D eigenvalue weighted by atomic mass is 32.2. The first-order chi connectivity index (χ1) is 11.1. The van der Waals surface area contributed by atoms with Crippen molar-refractivity contribution in [2.24, 2.45) is 5.41 Å². The Kier molecular flexibility index (Phi) is 5.37. The molecule has 1 fully saturated rings. The van der Waals surface area contributed by atoms with Gasteiger partial charge in [0.15, 0.2) is 0 Å². The number of hydrogen-bond donors (Lipinski definition) is 2. The van der Waals surface area contributed by atoms with Crippen LogP contribution in [0.3, 0.4) is 0 Å². The van der Waals surface area contributed by atoms with Crippen LogP contribution in [0.25, 0.3) is 0 Å². The van der Waals surface area contributed by atoms with Gasteiger partial charge in [-0.3, -0.25) is 4.79 Å². The molecule has 0 aromatic heterocycles. The minimum absolute atomic E-state index is 0.121. The summed E-state index contributed by atoms with van der Waals surface area (Å²) in [5.74, 6) is -1.14. The SMILES string of the molecule is CCC[C@]1(C(=O)O)CN(S(=O)(=O)c2ccc(C)cc2C)CC[C@H]1O. The third kappa shape index (κ3) is 3.20. The van der Waals surface area contributed by atoms with Crippen LogP contribution in [0.5, 0.6) is 0 Å². The number of carboxylic acids is 1. The number of benzene rings is 1. The van der Waals surface area contributed by atoms with Crippen molar-refractivity contribution >= 4 is 16.0 Å². The second-order valence-corrected chi connectivity index (χ2v) is 8.53. The van der Waals surface area contributed by atoms with Crippen LogP contribution in [0.15, 0.2) is 23.1 Å². The molecule has 24 heavy (non-hydrogen) atoms. The molecule has 6 nitrogen and oxygen atoms in total. The van der Waals surface area contributed by atoms with Crippen molar-refractivity contribution < 1.29 is 23.4 Å². The molecule has 2 rings (SSSR count). The summed E-state index contributed by atoms with van der Waals surface area (Å²) in [6, 6.07) is 5.09. The number of nitrogens with zero attached hydrogens (tertiary/aromatic N) is 1. The fraction of sp³-hybridized carbons (Fsp3) is 0.588. The molecule has 2 atom stereocenters. The molecule has 1 aromatic carbocycles. The zero-order chi connectivity index (χ0) is 18.1. The highest BCUT2D eigenvalue weighted by molar-refractivity contribution is 7.89. The molecule has 1 aliphatic rings. The van der Waals surface area contributed by atoms with Gasteiger partial charge in [-0.05, 0) is 38.3 Å². The van der Waals surface area contributed by atoms with E-state index in [1.807, 2.05) is 13.8 Å². The summed E-state index contributed by atoms with van der Waals surface area (Å²) in [4.78, 5) is 12.0. The number of aliphatic carboxylic acids is 1. The van der Waals surface area contributed by atoms with E-state index in [-0.39, 0.29) is 30.8 Å². The van der Waals surface area contributed by atoms with Crippen molar-refractivity contribution in [3.05, 3.63) is 29.3 Å². The zero-order valence-electron chi connectivity index (χ0n) is 14.3. The van der Waals surface area contributed by atoms with E-state index in [4.69, 9.17) is 0 Å². The lowest BCUT2D eigenvalue weighted by atomic mass is 9.74. The normalized spacial score (nSPS) is 25.6. The third-order valence-corrected chi connectivity index (χ3v) is 6.82. The number of aliphatic hydroxyl groups is 1. The number of rotatable bonds is 5. The van der Waals surface area contributed by atoms with Crippen molar-refractivity contribution in [1.29, 1.82) is 0 Å². The van der Waals surface area contributed by atoms with Gasteiger partial charge in [0.2, 0.25) is 10.0 Å². The van der Waals surface area contributed by atoms with E-state index in [0.29, 0.717) is 12.0 Å². The molecule has 0 aliphatic carbocycles. The Labute approximate surface area is 143 Å². The van der Waals surface area contributed by atoms with Crippen LogP contribution in [0, 0.1) is 19.3 Å². The summed E-state index contributed by atoms with van der Waals surface area (Å²) in [6.07, 6.45) is -0.125. The Balaban J connectivity index is 2.42. The maximum atomic E-state index is 13.0. The molecular formula is C17H25NO5S. The van der Waals surface area contributed by atoms with Crippen LogP contribution < -0.4 is 0 Å². The van der Waals surface area contributed by atoms with E-state index in [0.717, 1.165) is 5.56 Å². The van der Waals surface area contributed by atoms with Gasteiger partial charge in [-0.2, -0.15) is 4.31 Å². The summed E-state index contributed by atoms with van der Waals surface area (Å²) < 4.78 is 27.2. The van der Waals surface area contributed by atoms with Gasteiger partial charge >= 0.3 is 5.97 Å². The van der Waals surface area contributed by atoms with E-state index in [1.54, 1.807) is 25.1 Å². The molecule has 0 unspecified atom stereocenters. The van der Waals surface area contributed by atoms with Gasteiger partial charge in [0.25, 0.3) is 0 Å². The van der Waals surface area contributed by atoms with Crippen molar-refractivity contribution in [2.45, 2.75) is 51.0 Å². The second kappa shape index (κ2) is 6.82. The summed E-state index contributed by atoms with van der Waals surface area (Å²) >= 11 is 0. The number of aliphatic hydroxyl groups excluding tert-OH is 1. The Bertz CT molecular complexity index is 730. The molecular weight excluding hydrogens is 330 g/mol. The number of aryl methyl sites for hydroxylation is 2. The van der Waals surface area contributed by atoms with Crippen LogP contribution in [0.2, 0.25) is 0 Å². The fourth-order valence-electron chi connectivity index (χ4n) is 3.48. The molecule has 1 heterocycles. The molecule has 0 bridgehead atoms. The molecule has 2 N–H and O–H groups in total. The molecule has 134 valence electrons. The fourth-order valence-corrected chi connectivity index (χ4v) is 5.21. The van der Waals surface area contributed by atoms with Gasteiger partial charge in [0.05, 0.1) is 11.0 Å². The molecule has 1 aliphatic heterocycles. The number of hydrogen-bond acceptors (Lipinski definition) is 4. The molecule has 0 amide bonds. The number of carboxylic acid groups (broad SMARTS) is 1. The summed E-state index contributed by atoms with van der Waals surface area (Å²) in [6.45, 7) is 5.37. The van der Waals surface area contributed by atoms with E-state index in [1.165, 1.54) is 4.31 Å².